The maximum absolute atomic E-state index is 13.7. The zero-order chi connectivity index (χ0) is 13.0. The lowest BCUT2D eigenvalue weighted by atomic mass is 9.88. The Bertz CT molecular complexity index is 506. The van der Waals surface area contributed by atoms with Gasteiger partial charge in [0, 0.05) is 12.3 Å². The van der Waals surface area contributed by atoms with Gasteiger partial charge in [0.2, 0.25) is 0 Å². The number of rotatable bonds is 4. The van der Waals surface area contributed by atoms with Crippen LogP contribution in [0.4, 0.5) is 8.78 Å². The van der Waals surface area contributed by atoms with Crippen molar-refractivity contribution in [2.24, 2.45) is 0 Å². The molecule has 2 rings (SSSR count). The van der Waals surface area contributed by atoms with Gasteiger partial charge >= 0.3 is 0 Å². The van der Waals surface area contributed by atoms with E-state index in [2.05, 4.69) is 0 Å². The molecule has 0 amide bonds. The molecule has 0 radical (unpaired) electrons. The number of aldehydes is 1. The summed E-state index contributed by atoms with van der Waals surface area (Å²) >= 11 is 0. The Hall–Kier alpha value is -2.03. The molecule has 0 bridgehead atoms. The molecule has 92 valence electrons. The van der Waals surface area contributed by atoms with Crippen LogP contribution < -0.4 is 0 Å². The highest BCUT2D eigenvalue weighted by atomic mass is 19.1. The van der Waals surface area contributed by atoms with Crippen LogP contribution in [0.1, 0.15) is 23.5 Å². The smallest absolute Gasteiger partial charge is 0.127 e. The zero-order valence-electron chi connectivity index (χ0n) is 9.64. The summed E-state index contributed by atoms with van der Waals surface area (Å²) in [5, 5.41) is 0. The topological polar surface area (TPSA) is 17.1 Å². The van der Waals surface area contributed by atoms with Crippen LogP contribution in [0.2, 0.25) is 0 Å². The van der Waals surface area contributed by atoms with Crippen molar-refractivity contribution in [3.63, 3.8) is 0 Å². The fraction of sp³-hybridized carbons (Fsp3) is 0.133. The summed E-state index contributed by atoms with van der Waals surface area (Å²) < 4.78 is 27.5. The van der Waals surface area contributed by atoms with Crippen LogP contribution >= 0.6 is 0 Å². The van der Waals surface area contributed by atoms with Crippen LogP contribution in [0.5, 0.6) is 0 Å². The minimum absolute atomic E-state index is 0.0574. The minimum atomic E-state index is -0.579. The molecule has 0 atom stereocenters. The lowest BCUT2D eigenvalue weighted by Gasteiger charge is -2.16. The second-order valence-corrected chi connectivity index (χ2v) is 4.00. The molecule has 0 aliphatic rings. The molecular weight excluding hydrogens is 234 g/mol. The quantitative estimate of drug-likeness (QED) is 0.752. The highest BCUT2D eigenvalue weighted by molar-refractivity contribution is 5.54. The molecule has 0 aliphatic carbocycles. The fourth-order valence-corrected chi connectivity index (χ4v) is 2.03. The summed E-state index contributed by atoms with van der Waals surface area (Å²) in [5.74, 6) is -1.43. The number of hydrogen-bond acceptors (Lipinski definition) is 1. The van der Waals surface area contributed by atoms with Gasteiger partial charge in [-0.25, -0.2) is 8.78 Å². The van der Waals surface area contributed by atoms with Crippen LogP contribution in [0.3, 0.4) is 0 Å². The van der Waals surface area contributed by atoms with Gasteiger partial charge < -0.3 is 4.79 Å². The van der Waals surface area contributed by atoms with E-state index < -0.39 is 17.6 Å². The largest absolute Gasteiger partial charge is 0.303 e. The standard InChI is InChI=1S/C15H12F2O/c16-14-7-3-1-5-12(14)11(9-10-18)13-6-2-4-8-15(13)17/h1-8,10-11H,9H2. The zero-order valence-corrected chi connectivity index (χ0v) is 9.64. The molecule has 2 aromatic carbocycles. The molecule has 2 aromatic rings. The van der Waals surface area contributed by atoms with Gasteiger partial charge in [0.25, 0.3) is 0 Å². The average molecular weight is 246 g/mol. The highest BCUT2D eigenvalue weighted by Gasteiger charge is 2.20. The molecule has 3 heteroatoms. The van der Waals surface area contributed by atoms with Crippen molar-refractivity contribution >= 4 is 6.29 Å². The van der Waals surface area contributed by atoms with E-state index >= 15 is 0 Å². The fourth-order valence-electron chi connectivity index (χ4n) is 2.03. The van der Waals surface area contributed by atoms with Crippen molar-refractivity contribution in [3.8, 4) is 0 Å². The molecule has 18 heavy (non-hydrogen) atoms. The molecule has 0 unspecified atom stereocenters. The van der Waals surface area contributed by atoms with E-state index in [1.54, 1.807) is 36.4 Å². The van der Waals surface area contributed by atoms with Crippen molar-refractivity contribution in [1.82, 2.24) is 0 Å². The van der Waals surface area contributed by atoms with E-state index in [4.69, 9.17) is 0 Å². The van der Waals surface area contributed by atoms with Gasteiger partial charge in [-0.1, -0.05) is 36.4 Å². The normalized spacial score (nSPS) is 10.6. The van der Waals surface area contributed by atoms with Crippen molar-refractivity contribution < 1.29 is 13.6 Å². The third kappa shape index (κ3) is 2.45. The Balaban J connectivity index is 2.50. The molecule has 0 saturated carbocycles. The molecule has 0 spiro atoms. The van der Waals surface area contributed by atoms with E-state index in [1.165, 1.54) is 12.1 Å². The summed E-state index contributed by atoms with van der Waals surface area (Å²) in [4.78, 5) is 10.7. The number of benzene rings is 2. The predicted octanol–water partition coefficient (Wildman–Crippen LogP) is 3.69. The highest BCUT2D eigenvalue weighted by Crippen LogP contribution is 2.30. The number of hydrogen-bond donors (Lipinski definition) is 0. The van der Waals surface area contributed by atoms with Gasteiger partial charge in [0.15, 0.2) is 0 Å². The molecule has 1 nitrogen and oxygen atoms in total. The Morgan fingerprint density at radius 3 is 1.72 bits per heavy atom. The van der Waals surface area contributed by atoms with E-state index in [1.807, 2.05) is 0 Å². The first-order valence-electron chi connectivity index (χ1n) is 5.66. The second-order valence-electron chi connectivity index (χ2n) is 4.00. The van der Waals surface area contributed by atoms with E-state index in [-0.39, 0.29) is 6.42 Å². The Morgan fingerprint density at radius 1 is 0.889 bits per heavy atom. The van der Waals surface area contributed by atoms with Crippen molar-refractivity contribution in [2.45, 2.75) is 12.3 Å². The van der Waals surface area contributed by atoms with Gasteiger partial charge in [0.05, 0.1) is 0 Å². The predicted molar refractivity (Wildman–Crippen MR) is 65.3 cm³/mol. The first kappa shape index (κ1) is 12.4. The maximum atomic E-state index is 13.7. The van der Waals surface area contributed by atoms with Crippen LogP contribution in [0.25, 0.3) is 0 Å². The summed E-state index contributed by atoms with van der Waals surface area (Å²) in [6.45, 7) is 0. The van der Waals surface area contributed by atoms with E-state index in [0.29, 0.717) is 17.4 Å². The van der Waals surface area contributed by atoms with Crippen LogP contribution in [0.15, 0.2) is 48.5 Å². The van der Waals surface area contributed by atoms with E-state index in [9.17, 15) is 13.6 Å². The first-order chi connectivity index (χ1) is 8.74. The summed E-state index contributed by atoms with van der Waals surface area (Å²) in [6, 6.07) is 12.3. The Morgan fingerprint density at radius 2 is 1.33 bits per heavy atom. The van der Waals surface area contributed by atoms with Crippen LogP contribution in [-0.4, -0.2) is 6.29 Å². The molecule has 0 aromatic heterocycles. The molecule has 0 saturated heterocycles. The SMILES string of the molecule is O=CCC(c1ccccc1F)c1ccccc1F. The van der Waals surface area contributed by atoms with Crippen molar-refractivity contribution in [2.75, 3.05) is 0 Å². The van der Waals surface area contributed by atoms with Crippen LogP contribution in [0, 0.1) is 11.6 Å². The van der Waals surface area contributed by atoms with Gasteiger partial charge in [-0.2, -0.15) is 0 Å². The summed E-state index contributed by atoms with van der Waals surface area (Å²) in [7, 11) is 0. The van der Waals surface area contributed by atoms with Crippen molar-refractivity contribution in [1.29, 1.82) is 0 Å². The molecule has 0 heterocycles. The summed E-state index contributed by atoms with van der Waals surface area (Å²) in [6.07, 6.45) is 0.741. The third-order valence-corrected chi connectivity index (χ3v) is 2.89. The third-order valence-electron chi connectivity index (χ3n) is 2.89. The van der Waals surface area contributed by atoms with Gasteiger partial charge in [-0.3, -0.25) is 0 Å². The molecule has 0 aliphatic heterocycles. The van der Waals surface area contributed by atoms with Crippen LogP contribution in [-0.2, 0) is 4.79 Å². The first-order valence-corrected chi connectivity index (χ1v) is 5.66. The monoisotopic (exact) mass is 246 g/mol. The average Bonchev–Trinajstić information content (AvgIpc) is 2.38. The summed E-state index contributed by atoms with van der Waals surface area (Å²) in [5.41, 5.74) is 0.685. The van der Waals surface area contributed by atoms with Gasteiger partial charge in [-0.05, 0) is 23.3 Å². The van der Waals surface area contributed by atoms with E-state index in [0.717, 1.165) is 0 Å². The number of carbonyl (C=O) groups is 1. The van der Waals surface area contributed by atoms with Gasteiger partial charge in [-0.15, -0.1) is 0 Å². The Kier molecular flexibility index (Phi) is 3.82. The van der Waals surface area contributed by atoms with Gasteiger partial charge in [0.1, 0.15) is 17.9 Å². The molecular formula is C15H12F2O. The molecule has 0 fully saturated rings. The number of halogens is 2. The second kappa shape index (κ2) is 5.54. The number of carbonyl (C=O) groups excluding carboxylic acids is 1. The Labute approximate surface area is 104 Å². The van der Waals surface area contributed by atoms with Crippen molar-refractivity contribution in [3.05, 3.63) is 71.3 Å². The lowest BCUT2D eigenvalue weighted by Crippen LogP contribution is -2.06. The maximum Gasteiger partial charge on any atom is 0.127 e. The minimum Gasteiger partial charge on any atom is -0.303 e. The molecule has 0 N–H and O–H groups in total. The lowest BCUT2D eigenvalue weighted by molar-refractivity contribution is -0.108.